The van der Waals surface area contributed by atoms with Crippen LogP contribution in [0.1, 0.15) is 43.0 Å². The highest BCUT2D eigenvalue weighted by Gasteiger charge is 2.28. The van der Waals surface area contributed by atoms with Crippen molar-refractivity contribution >= 4 is 15.9 Å². The normalized spacial score (nSPS) is 15.6. The summed E-state index contributed by atoms with van der Waals surface area (Å²) in [5, 5.41) is 2.80. The Hall–Kier alpha value is -1.60. The van der Waals surface area contributed by atoms with E-state index in [0.29, 0.717) is 25.4 Å². The quantitative estimate of drug-likeness (QED) is 0.771. The zero-order valence-corrected chi connectivity index (χ0v) is 14.5. The largest absolute Gasteiger partial charge is 0.496 e. The van der Waals surface area contributed by atoms with E-state index in [2.05, 4.69) is 5.32 Å². The average molecular weight is 340 g/mol. The second-order valence-corrected chi connectivity index (χ2v) is 7.52. The van der Waals surface area contributed by atoms with Gasteiger partial charge < -0.3 is 10.1 Å². The molecule has 0 spiro atoms. The lowest BCUT2D eigenvalue weighted by atomic mass is 10.2. The van der Waals surface area contributed by atoms with Crippen LogP contribution in [0.3, 0.4) is 0 Å². The minimum absolute atomic E-state index is 0.140. The summed E-state index contributed by atoms with van der Waals surface area (Å²) >= 11 is 0. The van der Waals surface area contributed by atoms with Gasteiger partial charge in [-0.15, -0.1) is 0 Å². The van der Waals surface area contributed by atoms with Crippen molar-refractivity contribution in [2.24, 2.45) is 0 Å². The van der Waals surface area contributed by atoms with Crippen molar-refractivity contribution in [1.82, 2.24) is 9.62 Å². The van der Waals surface area contributed by atoms with Crippen molar-refractivity contribution in [3.8, 4) is 5.75 Å². The van der Waals surface area contributed by atoms with E-state index in [4.69, 9.17) is 4.74 Å². The van der Waals surface area contributed by atoms with E-state index in [1.165, 1.54) is 29.6 Å². The monoisotopic (exact) mass is 340 g/mol. The number of benzene rings is 1. The summed E-state index contributed by atoms with van der Waals surface area (Å²) in [4.78, 5) is 12.4. The van der Waals surface area contributed by atoms with E-state index in [1.54, 1.807) is 0 Å². The van der Waals surface area contributed by atoms with E-state index in [1.807, 2.05) is 6.92 Å². The van der Waals surface area contributed by atoms with Gasteiger partial charge in [0.25, 0.3) is 5.91 Å². The van der Waals surface area contributed by atoms with Gasteiger partial charge >= 0.3 is 0 Å². The van der Waals surface area contributed by atoms with Gasteiger partial charge in [0.1, 0.15) is 5.75 Å². The first-order chi connectivity index (χ1) is 11.0. The predicted molar refractivity (Wildman–Crippen MR) is 88.2 cm³/mol. The number of nitrogens with zero attached hydrogens (tertiary/aromatic N) is 1. The number of unbranched alkanes of at least 4 members (excludes halogenated alkanes) is 1. The molecule has 6 nitrogen and oxygen atoms in total. The van der Waals surface area contributed by atoms with E-state index in [0.717, 1.165) is 25.7 Å². The van der Waals surface area contributed by atoms with Gasteiger partial charge in [0.05, 0.1) is 17.6 Å². The lowest BCUT2D eigenvalue weighted by Gasteiger charge is -2.17. The molecule has 0 unspecified atom stereocenters. The third-order valence-corrected chi connectivity index (χ3v) is 5.83. The van der Waals surface area contributed by atoms with Gasteiger partial charge in [-0.05, 0) is 37.5 Å². The fourth-order valence-electron chi connectivity index (χ4n) is 2.58. The minimum atomic E-state index is -3.55. The first kappa shape index (κ1) is 17.7. The Balaban J connectivity index is 2.29. The van der Waals surface area contributed by atoms with E-state index in [9.17, 15) is 13.2 Å². The maximum atomic E-state index is 12.6. The van der Waals surface area contributed by atoms with Crippen LogP contribution in [0.2, 0.25) is 0 Å². The number of carbonyl (C=O) groups excluding carboxylic acids is 1. The van der Waals surface area contributed by atoms with Gasteiger partial charge in [-0.25, -0.2) is 8.42 Å². The molecule has 1 heterocycles. The summed E-state index contributed by atoms with van der Waals surface area (Å²) < 4.78 is 31.9. The molecule has 128 valence electrons. The number of carbonyl (C=O) groups is 1. The van der Waals surface area contributed by atoms with Crippen LogP contribution in [0.15, 0.2) is 23.1 Å². The molecule has 0 radical (unpaired) electrons. The van der Waals surface area contributed by atoms with Gasteiger partial charge in [-0.1, -0.05) is 13.3 Å². The van der Waals surface area contributed by atoms with Crippen LogP contribution in [0.5, 0.6) is 5.75 Å². The highest BCUT2D eigenvalue weighted by Crippen LogP contribution is 2.26. The molecule has 1 aliphatic heterocycles. The lowest BCUT2D eigenvalue weighted by molar-refractivity contribution is 0.0950. The third-order valence-electron chi connectivity index (χ3n) is 3.93. The molecule has 1 N–H and O–H groups in total. The van der Waals surface area contributed by atoms with Crippen molar-refractivity contribution in [3.05, 3.63) is 23.8 Å². The molecule has 7 heteroatoms. The van der Waals surface area contributed by atoms with E-state index in [-0.39, 0.29) is 16.4 Å². The van der Waals surface area contributed by atoms with Crippen LogP contribution in [0, 0.1) is 0 Å². The molecule has 1 aromatic rings. The Bertz CT molecular complexity index is 652. The summed E-state index contributed by atoms with van der Waals surface area (Å²) in [6, 6.07) is 4.45. The van der Waals surface area contributed by atoms with Crippen LogP contribution < -0.4 is 10.1 Å². The molecule has 0 atom stereocenters. The summed E-state index contributed by atoms with van der Waals surface area (Å²) in [7, 11) is -2.08. The molecular weight excluding hydrogens is 316 g/mol. The maximum Gasteiger partial charge on any atom is 0.255 e. The average Bonchev–Trinajstić information content (AvgIpc) is 3.09. The molecule has 1 fully saturated rings. The summed E-state index contributed by atoms with van der Waals surface area (Å²) in [6.07, 6.45) is 3.60. The molecule has 23 heavy (non-hydrogen) atoms. The molecular formula is C16H24N2O4S. The predicted octanol–water partition coefficient (Wildman–Crippen LogP) is 2.01. The fraction of sp³-hybridized carbons (Fsp3) is 0.562. The van der Waals surface area contributed by atoms with Crippen LogP contribution in [0.4, 0.5) is 0 Å². The van der Waals surface area contributed by atoms with Crippen LogP contribution in [-0.2, 0) is 10.0 Å². The molecule has 0 bridgehead atoms. The molecule has 0 saturated carbocycles. The molecule has 1 amide bonds. The minimum Gasteiger partial charge on any atom is -0.496 e. The number of rotatable bonds is 7. The number of hydrogen-bond acceptors (Lipinski definition) is 4. The zero-order chi connectivity index (χ0) is 16.9. The van der Waals surface area contributed by atoms with E-state index < -0.39 is 10.0 Å². The number of sulfonamides is 1. The smallest absolute Gasteiger partial charge is 0.255 e. The van der Waals surface area contributed by atoms with Crippen molar-refractivity contribution in [2.75, 3.05) is 26.7 Å². The fourth-order valence-corrected chi connectivity index (χ4v) is 4.12. The van der Waals surface area contributed by atoms with Gasteiger partial charge in [-0.3, -0.25) is 4.79 Å². The Kier molecular flexibility index (Phi) is 6.01. The Morgan fingerprint density at radius 1 is 1.30 bits per heavy atom. The molecule has 0 aliphatic carbocycles. The third kappa shape index (κ3) is 4.03. The SMILES string of the molecule is CCCCNC(=O)c1cc(S(=O)(=O)N2CCCC2)ccc1OC. The summed E-state index contributed by atoms with van der Waals surface area (Å²) in [5.74, 6) is 0.0631. The van der Waals surface area contributed by atoms with Gasteiger partial charge in [0.2, 0.25) is 10.0 Å². The molecule has 1 aliphatic rings. The van der Waals surface area contributed by atoms with Crippen LogP contribution in [-0.4, -0.2) is 45.4 Å². The number of amides is 1. The topological polar surface area (TPSA) is 75.7 Å². The van der Waals surface area contributed by atoms with Crippen molar-refractivity contribution in [3.63, 3.8) is 0 Å². The van der Waals surface area contributed by atoms with Crippen LogP contribution >= 0.6 is 0 Å². The zero-order valence-electron chi connectivity index (χ0n) is 13.7. The molecule has 2 rings (SSSR count). The first-order valence-electron chi connectivity index (χ1n) is 7.97. The first-order valence-corrected chi connectivity index (χ1v) is 9.41. The number of methoxy groups -OCH3 is 1. The Morgan fingerprint density at radius 2 is 2.00 bits per heavy atom. The summed E-state index contributed by atoms with van der Waals surface area (Å²) in [5.41, 5.74) is 0.254. The second-order valence-electron chi connectivity index (χ2n) is 5.58. The summed E-state index contributed by atoms with van der Waals surface area (Å²) in [6.45, 7) is 3.66. The lowest BCUT2D eigenvalue weighted by Crippen LogP contribution is -2.29. The van der Waals surface area contributed by atoms with Crippen LogP contribution in [0.25, 0.3) is 0 Å². The van der Waals surface area contributed by atoms with Crippen molar-refractivity contribution in [2.45, 2.75) is 37.5 Å². The number of ether oxygens (including phenoxy) is 1. The number of nitrogens with one attached hydrogen (secondary N) is 1. The van der Waals surface area contributed by atoms with Gasteiger partial charge in [0.15, 0.2) is 0 Å². The standard InChI is InChI=1S/C16H24N2O4S/c1-3-4-9-17-16(19)14-12-13(7-8-15(14)22-2)23(20,21)18-10-5-6-11-18/h7-8,12H,3-6,9-11H2,1-2H3,(H,17,19). The van der Waals surface area contributed by atoms with Crippen molar-refractivity contribution < 1.29 is 17.9 Å². The highest BCUT2D eigenvalue weighted by molar-refractivity contribution is 7.89. The Labute approximate surface area is 137 Å². The molecule has 1 aromatic carbocycles. The maximum absolute atomic E-state index is 12.6. The molecule has 1 saturated heterocycles. The van der Waals surface area contributed by atoms with Gasteiger partial charge in [0, 0.05) is 19.6 Å². The Morgan fingerprint density at radius 3 is 2.61 bits per heavy atom. The van der Waals surface area contributed by atoms with Crippen molar-refractivity contribution in [1.29, 1.82) is 0 Å². The van der Waals surface area contributed by atoms with E-state index >= 15 is 0 Å². The highest BCUT2D eigenvalue weighted by atomic mass is 32.2. The second kappa shape index (κ2) is 7.79. The molecule has 0 aromatic heterocycles. The number of hydrogen-bond donors (Lipinski definition) is 1. The van der Waals surface area contributed by atoms with Gasteiger partial charge in [-0.2, -0.15) is 4.31 Å².